The van der Waals surface area contributed by atoms with Crippen LogP contribution in [0.15, 0.2) is 48.1 Å². The molecule has 196 valence electrons. The summed E-state index contributed by atoms with van der Waals surface area (Å²) >= 11 is 0. The number of ether oxygens (including phenoxy) is 3. The summed E-state index contributed by atoms with van der Waals surface area (Å²) in [5, 5.41) is 10.6. The molecule has 6 aliphatic rings. The quantitative estimate of drug-likeness (QED) is 0.221. The Hall–Kier alpha value is -2.18. The Bertz CT molecular complexity index is 1040. The Labute approximate surface area is 214 Å². The number of allylic oxidation sites excluding steroid dienone is 3. The zero-order chi connectivity index (χ0) is 26.0. The van der Waals surface area contributed by atoms with Crippen molar-refractivity contribution in [3.8, 4) is 0 Å². The standard InChI is InChI=1S/2C15H20O3/c1-9-5-4-8-15(3)13(18-15)12-11(7-6-9)10(2)14(16)17-12;1-8-4-5-11-9(2)14(16)18-13(11)12-10(8)6-7-15(12,3)17/h5,11-13H,2,4,6-8H2,1,3H3;10-13,17H,1-2,4-7H2,3H3/b9-5+;/t11-,12-,13-,15+;10-,11-,12-,13-,15+/m00/s1. The molecule has 36 heavy (non-hydrogen) atoms. The first-order valence-corrected chi connectivity index (χ1v) is 13.5. The Balaban J connectivity index is 0.000000148. The maximum Gasteiger partial charge on any atom is 0.334 e. The fraction of sp³-hybridized carbons (Fsp3) is 0.667. The Morgan fingerprint density at radius 1 is 0.889 bits per heavy atom. The fourth-order valence-corrected chi connectivity index (χ4v) is 7.29. The molecule has 1 N–H and O–H groups in total. The van der Waals surface area contributed by atoms with E-state index in [1.807, 2.05) is 6.92 Å². The molecule has 3 heterocycles. The lowest BCUT2D eigenvalue weighted by Gasteiger charge is -2.34. The third-order valence-corrected chi connectivity index (χ3v) is 9.69. The average molecular weight is 497 g/mol. The van der Waals surface area contributed by atoms with Gasteiger partial charge < -0.3 is 19.3 Å². The molecule has 0 aromatic heterocycles. The van der Waals surface area contributed by atoms with E-state index in [9.17, 15) is 14.7 Å². The Kier molecular flexibility index (Phi) is 6.36. The van der Waals surface area contributed by atoms with Crippen LogP contribution in [0.3, 0.4) is 0 Å². The van der Waals surface area contributed by atoms with Crippen LogP contribution >= 0.6 is 0 Å². The first kappa shape index (κ1) is 25.5. The van der Waals surface area contributed by atoms with Gasteiger partial charge in [0.25, 0.3) is 0 Å². The van der Waals surface area contributed by atoms with Gasteiger partial charge >= 0.3 is 11.9 Å². The zero-order valence-corrected chi connectivity index (χ0v) is 21.9. The topological polar surface area (TPSA) is 85.4 Å². The third-order valence-electron chi connectivity index (χ3n) is 9.69. The van der Waals surface area contributed by atoms with E-state index < -0.39 is 5.60 Å². The average Bonchev–Trinajstić information content (AvgIpc) is 3.16. The lowest BCUT2D eigenvalue weighted by atomic mass is 9.77. The summed E-state index contributed by atoms with van der Waals surface area (Å²) in [4.78, 5) is 23.4. The number of aliphatic hydroxyl groups is 1. The van der Waals surface area contributed by atoms with Crippen molar-refractivity contribution in [2.45, 2.75) is 102 Å². The molecule has 0 unspecified atom stereocenters. The van der Waals surface area contributed by atoms with Crippen LogP contribution < -0.4 is 0 Å². The van der Waals surface area contributed by atoms with Crippen molar-refractivity contribution in [3.05, 3.63) is 48.1 Å². The second-order valence-corrected chi connectivity index (χ2v) is 12.2. The van der Waals surface area contributed by atoms with Crippen LogP contribution in [-0.2, 0) is 23.8 Å². The zero-order valence-electron chi connectivity index (χ0n) is 21.9. The van der Waals surface area contributed by atoms with Gasteiger partial charge in [0, 0.05) is 28.9 Å². The molecule has 0 radical (unpaired) electrons. The monoisotopic (exact) mass is 496 g/mol. The number of fused-ring (bicyclic) bond motifs is 6. The Morgan fingerprint density at radius 3 is 2.19 bits per heavy atom. The summed E-state index contributed by atoms with van der Waals surface area (Å²) in [5.74, 6) is -0.0447. The van der Waals surface area contributed by atoms with Gasteiger partial charge in [0.05, 0.1) is 11.2 Å². The minimum Gasteiger partial charge on any atom is -0.458 e. The number of hydrogen-bond donors (Lipinski definition) is 1. The van der Waals surface area contributed by atoms with Crippen LogP contribution in [0.4, 0.5) is 0 Å². The van der Waals surface area contributed by atoms with Gasteiger partial charge in [-0.25, -0.2) is 9.59 Å². The molecule has 6 heteroatoms. The molecule has 0 aromatic rings. The van der Waals surface area contributed by atoms with Crippen LogP contribution in [-0.4, -0.2) is 46.6 Å². The molecule has 3 saturated heterocycles. The maximum absolute atomic E-state index is 11.7. The van der Waals surface area contributed by atoms with Crippen molar-refractivity contribution in [2.24, 2.45) is 23.7 Å². The fourth-order valence-electron chi connectivity index (χ4n) is 7.29. The molecule has 3 aliphatic heterocycles. The molecule has 6 nitrogen and oxygen atoms in total. The second-order valence-electron chi connectivity index (χ2n) is 12.2. The van der Waals surface area contributed by atoms with E-state index in [0.29, 0.717) is 11.1 Å². The number of carbonyl (C=O) groups is 2. The van der Waals surface area contributed by atoms with Gasteiger partial charge in [-0.1, -0.05) is 37.0 Å². The van der Waals surface area contributed by atoms with E-state index in [4.69, 9.17) is 14.2 Å². The highest BCUT2D eigenvalue weighted by Crippen LogP contribution is 2.54. The van der Waals surface area contributed by atoms with Gasteiger partial charge in [-0.05, 0) is 78.1 Å². The minimum absolute atomic E-state index is 0.0132. The molecule has 6 rings (SSSR count). The van der Waals surface area contributed by atoms with Crippen LogP contribution in [0.1, 0.15) is 72.1 Å². The number of hydrogen-bond acceptors (Lipinski definition) is 6. The molecule has 2 saturated carbocycles. The summed E-state index contributed by atoms with van der Waals surface area (Å²) in [7, 11) is 0. The first-order chi connectivity index (χ1) is 16.9. The van der Waals surface area contributed by atoms with Crippen molar-refractivity contribution in [3.63, 3.8) is 0 Å². The molecule has 0 spiro atoms. The lowest BCUT2D eigenvalue weighted by molar-refractivity contribution is -0.146. The van der Waals surface area contributed by atoms with E-state index in [2.05, 4.69) is 39.7 Å². The summed E-state index contributed by atoms with van der Waals surface area (Å²) in [6.45, 7) is 18.1. The molecule has 3 aliphatic carbocycles. The van der Waals surface area contributed by atoms with Crippen LogP contribution in [0.25, 0.3) is 0 Å². The molecule has 0 bridgehead atoms. The predicted octanol–water partition coefficient (Wildman–Crippen LogP) is 4.97. The van der Waals surface area contributed by atoms with Gasteiger partial charge in [-0.3, -0.25) is 0 Å². The normalized spacial score (nSPS) is 47.1. The van der Waals surface area contributed by atoms with E-state index in [0.717, 1.165) is 51.4 Å². The molecule has 0 amide bonds. The Morgan fingerprint density at radius 2 is 1.50 bits per heavy atom. The summed E-state index contributed by atoms with van der Waals surface area (Å²) in [6, 6.07) is 0. The third kappa shape index (κ3) is 4.30. The molecular weight excluding hydrogens is 456 g/mol. The van der Waals surface area contributed by atoms with E-state index in [1.165, 1.54) is 11.1 Å². The minimum atomic E-state index is -0.758. The van der Waals surface area contributed by atoms with E-state index in [1.54, 1.807) is 0 Å². The smallest absolute Gasteiger partial charge is 0.334 e. The van der Waals surface area contributed by atoms with Crippen molar-refractivity contribution < 1.29 is 28.9 Å². The first-order valence-electron chi connectivity index (χ1n) is 13.5. The van der Waals surface area contributed by atoms with Gasteiger partial charge in [0.15, 0.2) is 0 Å². The van der Waals surface area contributed by atoms with Gasteiger partial charge in [-0.2, -0.15) is 0 Å². The van der Waals surface area contributed by atoms with Gasteiger partial charge in [0.1, 0.15) is 18.3 Å². The SMILES string of the molecule is C=C1C(=O)O[C@@H]2[C@@H]3[C@@H](CC[C@@]3(C)O)C(=C)CC[C@@H]12.C=C1C(=O)O[C@H]2[C@H]1CC/C(C)=C/CC[C@@]1(C)O[C@@H]21. The number of epoxide rings is 1. The highest BCUT2D eigenvalue weighted by molar-refractivity contribution is 5.91. The molecule has 0 aromatic carbocycles. The molecular formula is C30H40O6. The summed E-state index contributed by atoms with van der Waals surface area (Å²) in [6.07, 6.45) is 9.54. The van der Waals surface area contributed by atoms with Gasteiger partial charge in [0.2, 0.25) is 0 Å². The largest absolute Gasteiger partial charge is 0.458 e. The summed E-state index contributed by atoms with van der Waals surface area (Å²) < 4.78 is 16.8. The van der Waals surface area contributed by atoms with Gasteiger partial charge in [-0.15, -0.1) is 0 Å². The van der Waals surface area contributed by atoms with Crippen molar-refractivity contribution in [1.29, 1.82) is 0 Å². The number of carbonyl (C=O) groups excluding carboxylic acids is 2. The van der Waals surface area contributed by atoms with Crippen LogP contribution in [0.2, 0.25) is 0 Å². The highest BCUT2D eigenvalue weighted by atomic mass is 16.6. The van der Waals surface area contributed by atoms with Crippen LogP contribution in [0.5, 0.6) is 0 Å². The van der Waals surface area contributed by atoms with Crippen molar-refractivity contribution in [2.75, 3.05) is 0 Å². The number of esters is 2. The molecule has 9 atom stereocenters. The van der Waals surface area contributed by atoms with Crippen LogP contribution in [0, 0.1) is 23.7 Å². The second kappa shape index (κ2) is 8.98. The number of rotatable bonds is 0. The predicted molar refractivity (Wildman–Crippen MR) is 136 cm³/mol. The van der Waals surface area contributed by atoms with E-state index >= 15 is 0 Å². The maximum atomic E-state index is 11.7. The van der Waals surface area contributed by atoms with E-state index in [-0.39, 0.29) is 59.5 Å². The lowest BCUT2D eigenvalue weighted by Crippen LogP contribution is -2.42. The molecule has 5 fully saturated rings. The summed E-state index contributed by atoms with van der Waals surface area (Å²) in [5.41, 5.74) is 2.94. The highest BCUT2D eigenvalue weighted by Gasteiger charge is 2.61. The van der Waals surface area contributed by atoms with Crippen molar-refractivity contribution >= 4 is 11.9 Å². The van der Waals surface area contributed by atoms with Crippen molar-refractivity contribution in [1.82, 2.24) is 0 Å².